The normalized spacial score (nSPS) is 15.7. The quantitative estimate of drug-likeness (QED) is 0.863. The maximum Gasteiger partial charge on any atom is 0.257 e. The number of hydrogen-bond acceptors (Lipinski definition) is 4. The van der Waals surface area contributed by atoms with Crippen molar-refractivity contribution in [2.45, 2.75) is 0 Å². The zero-order valence-electron chi connectivity index (χ0n) is 11.6. The number of carbonyl (C=O) groups is 1. The number of morpholine rings is 1. The van der Waals surface area contributed by atoms with Gasteiger partial charge in [0.25, 0.3) is 5.91 Å². The maximum absolute atomic E-state index is 11.7. The zero-order chi connectivity index (χ0) is 15.1. The summed E-state index contributed by atoms with van der Waals surface area (Å²) < 4.78 is 10.6. The van der Waals surface area contributed by atoms with E-state index in [1.807, 2.05) is 0 Å². The van der Waals surface area contributed by atoms with Gasteiger partial charge in [-0.3, -0.25) is 9.69 Å². The minimum absolute atomic E-state index is 0.0406. The fraction of sp³-hybridized carbons (Fsp3) is 0.500. The highest BCUT2D eigenvalue weighted by Gasteiger charge is 2.10. The van der Waals surface area contributed by atoms with Crippen LogP contribution in [0.3, 0.4) is 0 Å². The molecule has 0 bridgehead atoms. The van der Waals surface area contributed by atoms with E-state index in [9.17, 15) is 4.79 Å². The number of rotatable bonds is 6. The molecular formula is C14H18Cl2N2O3. The van der Waals surface area contributed by atoms with Crippen molar-refractivity contribution in [2.24, 2.45) is 0 Å². The molecule has 2 rings (SSSR count). The first-order valence-electron chi connectivity index (χ1n) is 6.80. The lowest BCUT2D eigenvalue weighted by atomic mass is 10.3. The maximum atomic E-state index is 11.7. The smallest absolute Gasteiger partial charge is 0.257 e. The van der Waals surface area contributed by atoms with Gasteiger partial charge >= 0.3 is 0 Å². The van der Waals surface area contributed by atoms with Gasteiger partial charge in [0.2, 0.25) is 0 Å². The van der Waals surface area contributed by atoms with Crippen LogP contribution in [0.25, 0.3) is 0 Å². The van der Waals surface area contributed by atoms with Gasteiger partial charge in [-0.05, 0) is 12.1 Å². The SMILES string of the molecule is O=C(COc1ccc(Cl)c(Cl)c1)NCCN1CCOCC1. The van der Waals surface area contributed by atoms with Crippen LogP contribution in [-0.2, 0) is 9.53 Å². The lowest BCUT2D eigenvalue weighted by Crippen LogP contribution is -2.42. The fourth-order valence-corrected chi connectivity index (χ4v) is 2.23. The number of carbonyl (C=O) groups excluding carboxylic acids is 1. The van der Waals surface area contributed by atoms with Crippen LogP contribution in [0, 0.1) is 0 Å². The van der Waals surface area contributed by atoms with Crippen LogP contribution >= 0.6 is 23.2 Å². The zero-order valence-corrected chi connectivity index (χ0v) is 13.1. The van der Waals surface area contributed by atoms with Crippen molar-refractivity contribution in [3.05, 3.63) is 28.2 Å². The van der Waals surface area contributed by atoms with E-state index in [-0.39, 0.29) is 12.5 Å². The third-order valence-electron chi connectivity index (χ3n) is 3.11. The molecule has 21 heavy (non-hydrogen) atoms. The van der Waals surface area contributed by atoms with Gasteiger partial charge in [0, 0.05) is 32.2 Å². The minimum Gasteiger partial charge on any atom is -0.484 e. The highest BCUT2D eigenvalue weighted by Crippen LogP contribution is 2.26. The summed E-state index contributed by atoms with van der Waals surface area (Å²) in [6.07, 6.45) is 0. The molecule has 0 spiro atoms. The Labute approximate surface area is 134 Å². The summed E-state index contributed by atoms with van der Waals surface area (Å²) in [5.74, 6) is 0.363. The molecule has 0 atom stereocenters. The molecule has 5 nitrogen and oxygen atoms in total. The molecule has 1 aromatic carbocycles. The van der Waals surface area contributed by atoms with Gasteiger partial charge in [-0.1, -0.05) is 23.2 Å². The van der Waals surface area contributed by atoms with Crippen LogP contribution in [0.4, 0.5) is 0 Å². The Morgan fingerprint density at radius 1 is 1.29 bits per heavy atom. The molecule has 1 fully saturated rings. The molecule has 116 valence electrons. The Kier molecular flexibility index (Phi) is 6.57. The summed E-state index contributed by atoms with van der Waals surface area (Å²) in [7, 11) is 0. The molecule has 1 amide bonds. The molecule has 1 aromatic rings. The van der Waals surface area contributed by atoms with Crippen LogP contribution in [0.15, 0.2) is 18.2 Å². The third kappa shape index (κ3) is 5.71. The number of ether oxygens (including phenoxy) is 2. The van der Waals surface area contributed by atoms with Crippen LogP contribution in [0.1, 0.15) is 0 Å². The average molecular weight is 333 g/mol. The Morgan fingerprint density at radius 2 is 2.05 bits per heavy atom. The highest BCUT2D eigenvalue weighted by atomic mass is 35.5. The van der Waals surface area contributed by atoms with Gasteiger partial charge in [0.05, 0.1) is 23.3 Å². The average Bonchev–Trinajstić information content (AvgIpc) is 2.49. The monoisotopic (exact) mass is 332 g/mol. The summed E-state index contributed by atoms with van der Waals surface area (Å²) >= 11 is 11.7. The summed E-state index contributed by atoms with van der Waals surface area (Å²) in [5, 5.41) is 3.68. The molecule has 0 saturated carbocycles. The van der Waals surface area contributed by atoms with Crippen molar-refractivity contribution < 1.29 is 14.3 Å². The molecule has 0 radical (unpaired) electrons. The molecular weight excluding hydrogens is 315 g/mol. The number of nitrogens with zero attached hydrogens (tertiary/aromatic N) is 1. The van der Waals surface area contributed by atoms with E-state index in [2.05, 4.69) is 10.2 Å². The molecule has 0 unspecified atom stereocenters. The van der Waals surface area contributed by atoms with Crippen molar-refractivity contribution in [3.63, 3.8) is 0 Å². The predicted octanol–water partition coefficient (Wildman–Crippen LogP) is 1.82. The molecule has 1 saturated heterocycles. The summed E-state index contributed by atoms with van der Waals surface area (Å²) in [6.45, 7) is 4.72. The summed E-state index contributed by atoms with van der Waals surface area (Å²) in [4.78, 5) is 13.9. The van der Waals surface area contributed by atoms with Crippen LogP contribution in [0.2, 0.25) is 10.0 Å². The van der Waals surface area contributed by atoms with E-state index in [1.54, 1.807) is 18.2 Å². The first kappa shape index (κ1) is 16.4. The Morgan fingerprint density at radius 3 is 2.76 bits per heavy atom. The van der Waals surface area contributed by atoms with Crippen molar-refractivity contribution in [1.29, 1.82) is 0 Å². The Bertz CT molecular complexity index is 479. The predicted molar refractivity (Wildman–Crippen MR) is 82.2 cm³/mol. The van der Waals surface area contributed by atoms with Gasteiger partial charge in [0.1, 0.15) is 5.75 Å². The largest absolute Gasteiger partial charge is 0.484 e. The Balaban J connectivity index is 1.63. The number of nitrogens with one attached hydrogen (secondary N) is 1. The van der Waals surface area contributed by atoms with Gasteiger partial charge in [-0.25, -0.2) is 0 Å². The number of halogens is 2. The molecule has 1 N–H and O–H groups in total. The van der Waals surface area contributed by atoms with Crippen molar-refractivity contribution >= 4 is 29.1 Å². The van der Waals surface area contributed by atoms with E-state index in [4.69, 9.17) is 32.7 Å². The Hall–Kier alpha value is -1.01. The van der Waals surface area contributed by atoms with Crippen molar-refractivity contribution in [3.8, 4) is 5.75 Å². The summed E-state index contributed by atoms with van der Waals surface area (Å²) in [6, 6.07) is 4.90. The third-order valence-corrected chi connectivity index (χ3v) is 3.85. The van der Waals surface area contributed by atoms with Gasteiger partial charge in [-0.15, -0.1) is 0 Å². The minimum atomic E-state index is -0.158. The standard InChI is InChI=1S/C14H18Cl2N2O3/c15-12-2-1-11(9-13(12)16)21-10-14(19)17-3-4-18-5-7-20-8-6-18/h1-2,9H,3-8,10H2,(H,17,19). The van der Waals surface area contributed by atoms with Crippen LogP contribution < -0.4 is 10.1 Å². The second-order valence-corrected chi connectivity index (χ2v) is 5.48. The number of benzene rings is 1. The second kappa shape index (κ2) is 8.44. The molecule has 0 aromatic heterocycles. The highest BCUT2D eigenvalue weighted by molar-refractivity contribution is 6.42. The van der Waals surface area contributed by atoms with E-state index in [0.29, 0.717) is 22.3 Å². The second-order valence-electron chi connectivity index (χ2n) is 4.67. The van der Waals surface area contributed by atoms with Gasteiger partial charge in [0.15, 0.2) is 6.61 Å². The first-order chi connectivity index (χ1) is 10.1. The van der Waals surface area contributed by atoms with E-state index < -0.39 is 0 Å². The van der Waals surface area contributed by atoms with Gasteiger partial charge < -0.3 is 14.8 Å². The van der Waals surface area contributed by atoms with Crippen LogP contribution in [-0.4, -0.2) is 56.8 Å². The molecule has 7 heteroatoms. The lowest BCUT2D eigenvalue weighted by Gasteiger charge is -2.26. The summed E-state index contributed by atoms with van der Waals surface area (Å²) in [5.41, 5.74) is 0. The van der Waals surface area contributed by atoms with E-state index in [1.165, 1.54) is 0 Å². The lowest BCUT2D eigenvalue weighted by molar-refractivity contribution is -0.123. The van der Waals surface area contributed by atoms with Crippen molar-refractivity contribution in [2.75, 3.05) is 46.0 Å². The first-order valence-corrected chi connectivity index (χ1v) is 7.55. The molecule has 1 aliphatic heterocycles. The molecule has 0 aliphatic carbocycles. The fourth-order valence-electron chi connectivity index (χ4n) is 1.94. The topological polar surface area (TPSA) is 50.8 Å². The van der Waals surface area contributed by atoms with Gasteiger partial charge in [-0.2, -0.15) is 0 Å². The van der Waals surface area contributed by atoms with Crippen LogP contribution in [0.5, 0.6) is 5.75 Å². The van der Waals surface area contributed by atoms with E-state index in [0.717, 1.165) is 32.8 Å². The molecule has 1 heterocycles. The molecule has 1 aliphatic rings. The number of hydrogen-bond donors (Lipinski definition) is 1. The van der Waals surface area contributed by atoms with E-state index >= 15 is 0 Å². The number of amides is 1. The van der Waals surface area contributed by atoms with Crippen molar-refractivity contribution in [1.82, 2.24) is 10.2 Å².